The molecule has 3 N–H and O–H groups in total. The molecule has 1 aliphatic carbocycles. The van der Waals surface area contributed by atoms with Crippen LogP contribution in [0.15, 0.2) is 42.5 Å². The predicted molar refractivity (Wildman–Crippen MR) is 101 cm³/mol. The lowest BCUT2D eigenvalue weighted by molar-refractivity contribution is -0.117. The van der Waals surface area contributed by atoms with Crippen LogP contribution in [0.3, 0.4) is 0 Å². The van der Waals surface area contributed by atoms with Crippen LogP contribution in [0.25, 0.3) is 22.0 Å². The van der Waals surface area contributed by atoms with Crippen LogP contribution < -0.4 is 10.0 Å². The number of amides is 1. The minimum absolute atomic E-state index is 0.0158. The maximum atomic E-state index is 11.9. The molecule has 134 valence electrons. The van der Waals surface area contributed by atoms with Crippen LogP contribution in [-0.2, 0) is 14.8 Å². The van der Waals surface area contributed by atoms with Crippen molar-refractivity contribution in [2.75, 3.05) is 16.3 Å². The fraction of sp³-hybridized carbons (Fsp3) is 0.222. The highest BCUT2D eigenvalue weighted by atomic mass is 32.2. The van der Waals surface area contributed by atoms with Crippen molar-refractivity contribution in [3.63, 3.8) is 0 Å². The number of fused-ring (bicyclic) bond motifs is 1. The molecule has 1 amide bonds. The second-order valence-corrected chi connectivity index (χ2v) is 8.30. The maximum Gasteiger partial charge on any atom is 0.229 e. The van der Waals surface area contributed by atoms with Gasteiger partial charge < -0.3 is 5.32 Å². The first-order chi connectivity index (χ1) is 12.4. The van der Waals surface area contributed by atoms with Crippen molar-refractivity contribution in [3.05, 3.63) is 42.5 Å². The largest absolute Gasteiger partial charge is 0.308 e. The molecule has 1 saturated carbocycles. The molecule has 2 aromatic carbocycles. The molecule has 0 aliphatic heterocycles. The van der Waals surface area contributed by atoms with Crippen LogP contribution in [0.4, 0.5) is 11.5 Å². The Bertz CT molecular complexity index is 1100. The molecule has 4 rings (SSSR count). The fourth-order valence-electron chi connectivity index (χ4n) is 2.84. The summed E-state index contributed by atoms with van der Waals surface area (Å²) in [6, 6.07) is 12.9. The number of H-pyrrole nitrogens is 1. The Labute approximate surface area is 150 Å². The first-order valence-electron chi connectivity index (χ1n) is 8.26. The zero-order valence-electron chi connectivity index (χ0n) is 14.1. The number of aromatic amines is 1. The zero-order chi connectivity index (χ0) is 18.3. The summed E-state index contributed by atoms with van der Waals surface area (Å²) in [4.78, 5) is 11.9. The third-order valence-corrected chi connectivity index (χ3v) is 4.86. The van der Waals surface area contributed by atoms with Gasteiger partial charge in [-0.2, -0.15) is 5.10 Å². The lowest BCUT2D eigenvalue weighted by atomic mass is 10.0. The highest BCUT2D eigenvalue weighted by molar-refractivity contribution is 7.92. The molecular formula is C18H18N4O3S. The van der Waals surface area contributed by atoms with Gasteiger partial charge in [-0.05, 0) is 48.2 Å². The summed E-state index contributed by atoms with van der Waals surface area (Å²) in [5, 5.41) is 10.8. The Hall–Kier alpha value is -2.87. The maximum absolute atomic E-state index is 11.9. The first-order valence-corrected chi connectivity index (χ1v) is 10.2. The molecule has 1 fully saturated rings. The van der Waals surface area contributed by atoms with E-state index in [1.54, 1.807) is 18.2 Å². The molecule has 0 unspecified atom stereocenters. The van der Waals surface area contributed by atoms with Crippen molar-refractivity contribution < 1.29 is 13.2 Å². The minimum Gasteiger partial charge on any atom is -0.308 e. The number of benzene rings is 2. The molecule has 0 bridgehead atoms. The highest BCUT2D eigenvalue weighted by Crippen LogP contribution is 2.32. The summed E-state index contributed by atoms with van der Waals surface area (Å²) < 4.78 is 25.3. The fourth-order valence-corrected chi connectivity index (χ4v) is 3.39. The van der Waals surface area contributed by atoms with Gasteiger partial charge in [-0.3, -0.25) is 14.6 Å². The van der Waals surface area contributed by atoms with Crippen LogP contribution in [0.2, 0.25) is 0 Å². The third-order valence-electron chi connectivity index (χ3n) is 4.25. The van der Waals surface area contributed by atoms with Crippen LogP contribution >= 0.6 is 0 Å². The topological polar surface area (TPSA) is 104 Å². The van der Waals surface area contributed by atoms with E-state index in [1.165, 1.54) is 0 Å². The summed E-state index contributed by atoms with van der Waals surface area (Å²) in [7, 11) is -3.33. The van der Waals surface area contributed by atoms with Gasteiger partial charge in [0.05, 0.1) is 11.8 Å². The number of carbonyl (C=O) groups is 1. The van der Waals surface area contributed by atoms with Gasteiger partial charge in [-0.1, -0.05) is 18.2 Å². The van der Waals surface area contributed by atoms with E-state index in [2.05, 4.69) is 20.2 Å². The standard InChI is InChI=1S/C18H18N4O3S/c1-26(24,25)22-14-4-2-3-12(9-14)13-7-8-15-16(10-13)20-21-17(15)19-18(23)11-5-6-11/h2-4,7-11,22H,5-6H2,1H3,(H2,19,20,21,23). The number of aromatic nitrogens is 2. The molecule has 0 atom stereocenters. The number of hydrogen-bond donors (Lipinski definition) is 3. The first kappa shape index (κ1) is 16.6. The molecular weight excluding hydrogens is 352 g/mol. The van der Waals surface area contributed by atoms with Gasteiger partial charge in [0.2, 0.25) is 15.9 Å². The Morgan fingerprint density at radius 2 is 1.92 bits per heavy atom. The number of carbonyl (C=O) groups excluding carboxylic acids is 1. The number of nitrogens with one attached hydrogen (secondary N) is 3. The van der Waals surface area contributed by atoms with Gasteiger partial charge in [-0.25, -0.2) is 8.42 Å². The molecule has 1 aliphatic rings. The van der Waals surface area contributed by atoms with Crippen molar-refractivity contribution >= 4 is 38.3 Å². The summed E-state index contributed by atoms with van der Waals surface area (Å²) in [6.45, 7) is 0. The molecule has 0 spiro atoms. The molecule has 0 saturated heterocycles. The molecule has 7 nitrogen and oxygen atoms in total. The SMILES string of the molecule is CS(=O)(=O)Nc1cccc(-c2ccc3c(NC(=O)C4CC4)n[nH]c3c2)c1. The number of rotatable bonds is 5. The number of anilines is 2. The smallest absolute Gasteiger partial charge is 0.229 e. The Kier molecular flexibility index (Phi) is 3.91. The van der Waals surface area contributed by atoms with E-state index in [-0.39, 0.29) is 11.8 Å². The number of sulfonamides is 1. The van der Waals surface area contributed by atoms with E-state index in [4.69, 9.17) is 0 Å². The van der Waals surface area contributed by atoms with Gasteiger partial charge in [0.15, 0.2) is 5.82 Å². The van der Waals surface area contributed by atoms with Crippen molar-refractivity contribution in [1.82, 2.24) is 10.2 Å². The van der Waals surface area contributed by atoms with Crippen LogP contribution in [-0.4, -0.2) is 30.8 Å². The van der Waals surface area contributed by atoms with Crippen molar-refractivity contribution in [1.29, 1.82) is 0 Å². The van der Waals surface area contributed by atoms with Crippen LogP contribution in [0.5, 0.6) is 0 Å². The summed E-state index contributed by atoms with van der Waals surface area (Å²) in [6.07, 6.45) is 3.00. The zero-order valence-corrected chi connectivity index (χ0v) is 14.9. The minimum atomic E-state index is -3.33. The summed E-state index contributed by atoms with van der Waals surface area (Å²) in [5.74, 6) is 0.670. The van der Waals surface area contributed by atoms with E-state index >= 15 is 0 Å². The molecule has 26 heavy (non-hydrogen) atoms. The molecule has 3 aromatic rings. The van der Waals surface area contributed by atoms with Crippen molar-refractivity contribution in [3.8, 4) is 11.1 Å². The van der Waals surface area contributed by atoms with Gasteiger partial charge in [0, 0.05) is 17.0 Å². The van der Waals surface area contributed by atoms with E-state index in [1.807, 2.05) is 24.3 Å². The normalized spacial score (nSPS) is 14.3. The van der Waals surface area contributed by atoms with Gasteiger partial charge in [0.25, 0.3) is 0 Å². The molecule has 1 aromatic heterocycles. The number of nitrogens with zero attached hydrogens (tertiary/aromatic N) is 1. The highest BCUT2D eigenvalue weighted by Gasteiger charge is 2.30. The van der Waals surface area contributed by atoms with E-state index in [0.29, 0.717) is 11.5 Å². The van der Waals surface area contributed by atoms with Crippen molar-refractivity contribution in [2.24, 2.45) is 5.92 Å². The second-order valence-electron chi connectivity index (χ2n) is 6.55. The average Bonchev–Trinajstić information content (AvgIpc) is 3.36. The Balaban J connectivity index is 1.63. The van der Waals surface area contributed by atoms with E-state index in [0.717, 1.165) is 41.1 Å². The number of hydrogen-bond acceptors (Lipinski definition) is 4. The molecule has 1 heterocycles. The molecule has 8 heteroatoms. The second kappa shape index (κ2) is 6.14. The molecule has 0 radical (unpaired) electrons. The van der Waals surface area contributed by atoms with E-state index in [9.17, 15) is 13.2 Å². The van der Waals surface area contributed by atoms with Gasteiger partial charge in [-0.15, -0.1) is 0 Å². The quantitative estimate of drug-likeness (QED) is 0.642. The lowest BCUT2D eigenvalue weighted by Gasteiger charge is -2.07. The lowest BCUT2D eigenvalue weighted by Crippen LogP contribution is -2.13. The summed E-state index contributed by atoms with van der Waals surface area (Å²) in [5.41, 5.74) is 3.10. The third kappa shape index (κ3) is 3.55. The monoisotopic (exact) mass is 370 g/mol. The van der Waals surface area contributed by atoms with E-state index < -0.39 is 10.0 Å². The van der Waals surface area contributed by atoms with Crippen LogP contribution in [0, 0.1) is 5.92 Å². The van der Waals surface area contributed by atoms with Crippen molar-refractivity contribution in [2.45, 2.75) is 12.8 Å². The van der Waals surface area contributed by atoms with Gasteiger partial charge in [0.1, 0.15) is 0 Å². The predicted octanol–water partition coefficient (Wildman–Crippen LogP) is 2.95. The van der Waals surface area contributed by atoms with Gasteiger partial charge >= 0.3 is 0 Å². The van der Waals surface area contributed by atoms with Crippen LogP contribution in [0.1, 0.15) is 12.8 Å². The average molecular weight is 370 g/mol. The summed E-state index contributed by atoms with van der Waals surface area (Å²) >= 11 is 0. The Morgan fingerprint density at radius 3 is 2.65 bits per heavy atom. The Morgan fingerprint density at radius 1 is 1.15 bits per heavy atom.